The fourth-order valence-electron chi connectivity index (χ4n) is 2.65. The zero-order chi connectivity index (χ0) is 19.6. The van der Waals surface area contributed by atoms with Gasteiger partial charge >= 0.3 is 6.09 Å². The van der Waals surface area contributed by atoms with Crippen molar-refractivity contribution in [2.75, 3.05) is 0 Å². The van der Waals surface area contributed by atoms with Crippen molar-refractivity contribution in [3.8, 4) is 5.75 Å². The highest BCUT2D eigenvalue weighted by molar-refractivity contribution is 7.09. The first kappa shape index (κ1) is 19.2. The van der Waals surface area contributed by atoms with E-state index in [2.05, 4.69) is 4.99 Å². The van der Waals surface area contributed by atoms with Crippen LogP contribution >= 0.6 is 11.3 Å². The lowest BCUT2D eigenvalue weighted by molar-refractivity contribution is 0.0218. The molecule has 0 aliphatic carbocycles. The van der Waals surface area contributed by atoms with Gasteiger partial charge in [0.2, 0.25) is 0 Å². The Balaban J connectivity index is 1.82. The number of nitrogens with two attached hydrogens (primary N) is 1. The number of rotatable bonds is 4. The summed E-state index contributed by atoms with van der Waals surface area (Å²) in [6, 6.07) is 9.70. The van der Waals surface area contributed by atoms with E-state index in [1.807, 2.05) is 63.4 Å². The summed E-state index contributed by atoms with van der Waals surface area (Å²) >= 11 is 1.61. The van der Waals surface area contributed by atoms with Crippen LogP contribution in [-0.2, 0) is 17.8 Å². The molecule has 0 saturated heterocycles. The molecule has 27 heavy (non-hydrogen) atoms. The molecule has 1 aliphatic heterocycles. The van der Waals surface area contributed by atoms with E-state index in [-0.39, 0.29) is 12.2 Å². The third-order valence-electron chi connectivity index (χ3n) is 3.95. The van der Waals surface area contributed by atoms with Gasteiger partial charge in [0, 0.05) is 11.4 Å². The van der Waals surface area contributed by atoms with Crippen LogP contribution < -0.4 is 10.5 Å². The Morgan fingerprint density at radius 1 is 1.33 bits per heavy atom. The Morgan fingerprint density at radius 3 is 2.78 bits per heavy atom. The zero-order valence-electron chi connectivity index (χ0n) is 16.1. The SMILES string of the molecule is CC1Oc2ccc(CN(Cc3cccs3)C(=O)OC(C)(C)C)cc2N=C1N. The number of aliphatic imine (C=N–C) groups is 1. The first-order chi connectivity index (χ1) is 12.7. The third kappa shape index (κ3) is 5.01. The van der Waals surface area contributed by atoms with Crippen molar-refractivity contribution in [2.45, 2.75) is 52.5 Å². The monoisotopic (exact) mass is 387 g/mol. The summed E-state index contributed by atoms with van der Waals surface area (Å²) in [5.41, 5.74) is 6.96. The maximum Gasteiger partial charge on any atom is 0.410 e. The van der Waals surface area contributed by atoms with E-state index in [0.717, 1.165) is 10.4 Å². The van der Waals surface area contributed by atoms with E-state index in [4.69, 9.17) is 15.2 Å². The quantitative estimate of drug-likeness (QED) is 0.840. The maximum absolute atomic E-state index is 12.7. The van der Waals surface area contributed by atoms with Gasteiger partial charge in [-0.25, -0.2) is 9.79 Å². The van der Waals surface area contributed by atoms with E-state index in [1.165, 1.54) is 0 Å². The Bertz CT molecular complexity index is 841. The van der Waals surface area contributed by atoms with Crippen molar-refractivity contribution in [1.29, 1.82) is 0 Å². The van der Waals surface area contributed by atoms with Gasteiger partial charge < -0.3 is 15.2 Å². The third-order valence-corrected chi connectivity index (χ3v) is 4.81. The van der Waals surface area contributed by atoms with Gasteiger partial charge in [-0.3, -0.25) is 4.90 Å². The summed E-state index contributed by atoms with van der Waals surface area (Å²) in [4.78, 5) is 19.9. The van der Waals surface area contributed by atoms with Crippen molar-refractivity contribution in [3.63, 3.8) is 0 Å². The number of hydrogen-bond acceptors (Lipinski definition) is 6. The molecule has 3 rings (SSSR count). The van der Waals surface area contributed by atoms with Crippen LogP contribution in [0.4, 0.5) is 10.5 Å². The highest BCUT2D eigenvalue weighted by Crippen LogP contribution is 2.33. The van der Waals surface area contributed by atoms with Gasteiger partial charge in [-0.2, -0.15) is 0 Å². The molecule has 1 unspecified atom stereocenters. The summed E-state index contributed by atoms with van der Waals surface area (Å²) in [7, 11) is 0. The summed E-state index contributed by atoms with van der Waals surface area (Å²) in [5.74, 6) is 1.14. The summed E-state index contributed by atoms with van der Waals surface area (Å²) in [6.45, 7) is 8.35. The van der Waals surface area contributed by atoms with Crippen LogP contribution in [0, 0.1) is 0 Å². The number of carbonyl (C=O) groups excluding carboxylic acids is 1. The standard InChI is InChI=1S/C20H25N3O3S/c1-13-18(21)22-16-10-14(7-8-17(16)25-13)11-23(12-15-6-5-9-27-15)19(24)26-20(2,3)4/h5-10,13H,11-12H2,1-4H3,(H2,21,22). The van der Waals surface area contributed by atoms with Crippen molar-refractivity contribution >= 4 is 29.0 Å². The van der Waals surface area contributed by atoms with Crippen LogP contribution in [0.1, 0.15) is 38.1 Å². The molecule has 2 N–H and O–H groups in total. The number of carbonyl (C=O) groups is 1. The molecular formula is C20H25N3O3S. The Morgan fingerprint density at radius 2 is 2.11 bits per heavy atom. The molecule has 2 aromatic rings. The number of amidine groups is 1. The topological polar surface area (TPSA) is 77.1 Å². The molecule has 2 heterocycles. The lowest BCUT2D eigenvalue weighted by Gasteiger charge is -2.27. The molecule has 1 aliphatic rings. The molecule has 1 aromatic heterocycles. The molecule has 1 atom stereocenters. The first-order valence-corrected chi connectivity index (χ1v) is 9.73. The second-order valence-electron chi connectivity index (χ2n) is 7.51. The van der Waals surface area contributed by atoms with Crippen LogP contribution in [0.25, 0.3) is 0 Å². The van der Waals surface area contributed by atoms with Crippen molar-refractivity contribution in [1.82, 2.24) is 4.90 Å². The van der Waals surface area contributed by atoms with E-state index in [9.17, 15) is 4.79 Å². The normalized spacial score (nSPS) is 16.1. The molecule has 7 heteroatoms. The van der Waals surface area contributed by atoms with Crippen LogP contribution in [0.2, 0.25) is 0 Å². The molecule has 1 amide bonds. The average Bonchev–Trinajstić information content (AvgIpc) is 3.07. The molecule has 6 nitrogen and oxygen atoms in total. The van der Waals surface area contributed by atoms with Crippen molar-refractivity contribution in [2.24, 2.45) is 10.7 Å². The number of ether oxygens (including phenoxy) is 2. The van der Waals surface area contributed by atoms with Gasteiger partial charge in [0.1, 0.15) is 22.9 Å². The van der Waals surface area contributed by atoms with Gasteiger partial charge in [0.05, 0.1) is 6.54 Å². The van der Waals surface area contributed by atoms with Crippen LogP contribution in [0.5, 0.6) is 5.75 Å². The molecule has 0 bridgehead atoms. The van der Waals surface area contributed by atoms with Gasteiger partial charge in [-0.15, -0.1) is 11.3 Å². The lowest BCUT2D eigenvalue weighted by atomic mass is 10.1. The Labute approximate surface area is 163 Å². The minimum atomic E-state index is -0.552. The van der Waals surface area contributed by atoms with E-state index in [0.29, 0.717) is 30.4 Å². The number of benzene rings is 1. The highest BCUT2D eigenvalue weighted by atomic mass is 32.1. The number of nitrogens with zero attached hydrogens (tertiary/aromatic N) is 2. The number of fused-ring (bicyclic) bond motifs is 1. The largest absolute Gasteiger partial charge is 0.481 e. The molecule has 0 saturated carbocycles. The lowest BCUT2D eigenvalue weighted by Crippen LogP contribution is -2.36. The van der Waals surface area contributed by atoms with E-state index >= 15 is 0 Å². The second kappa shape index (κ2) is 7.60. The minimum Gasteiger partial charge on any atom is -0.481 e. The number of amides is 1. The smallest absolute Gasteiger partial charge is 0.410 e. The number of hydrogen-bond donors (Lipinski definition) is 1. The fraction of sp³-hybridized carbons (Fsp3) is 0.400. The summed E-state index contributed by atoms with van der Waals surface area (Å²) < 4.78 is 11.3. The first-order valence-electron chi connectivity index (χ1n) is 8.85. The molecule has 144 valence electrons. The van der Waals surface area contributed by atoms with Crippen molar-refractivity contribution < 1.29 is 14.3 Å². The van der Waals surface area contributed by atoms with Crippen LogP contribution in [0.3, 0.4) is 0 Å². The average molecular weight is 388 g/mol. The van der Waals surface area contributed by atoms with E-state index < -0.39 is 5.60 Å². The Kier molecular flexibility index (Phi) is 5.41. The fourth-order valence-corrected chi connectivity index (χ4v) is 3.37. The second-order valence-corrected chi connectivity index (χ2v) is 8.55. The molecule has 0 spiro atoms. The van der Waals surface area contributed by atoms with Gasteiger partial charge in [0.15, 0.2) is 6.10 Å². The molecule has 0 radical (unpaired) electrons. The summed E-state index contributed by atoms with van der Waals surface area (Å²) in [6.07, 6.45) is -0.582. The molecule has 0 fully saturated rings. The van der Waals surface area contributed by atoms with Crippen molar-refractivity contribution in [3.05, 3.63) is 46.2 Å². The van der Waals surface area contributed by atoms with Crippen LogP contribution in [-0.4, -0.2) is 28.5 Å². The van der Waals surface area contributed by atoms with Gasteiger partial charge in [-0.05, 0) is 56.8 Å². The minimum absolute atomic E-state index is 0.236. The van der Waals surface area contributed by atoms with Gasteiger partial charge in [-0.1, -0.05) is 12.1 Å². The molecule has 1 aromatic carbocycles. The molecular weight excluding hydrogens is 362 g/mol. The van der Waals surface area contributed by atoms with E-state index in [1.54, 1.807) is 16.2 Å². The predicted molar refractivity (Wildman–Crippen MR) is 108 cm³/mol. The zero-order valence-corrected chi connectivity index (χ0v) is 16.9. The summed E-state index contributed by atoms with van der Waals surface area (Å²) in [5, 5.41) is 2.00. The maximum atomic E-state index is 12.7. The van der Waals surface area contributed by atoms with Crippen LogP contribution in [0.15, 0.2) is 40.7 Å². The number of thiophene rings is 1. The van der Waals surface area contributed by atoms with Gasteiger partial charge in [0.25, 0.3) is 0 Å². The highest BCUT2D eigenvalue weighted by Gasteiger charge is 2.24. The predicted octanol–water partition coefficient (Wildman–Crippen LogP) is 4.46. The Hall–Kier alpha value is -2.54.